The molecule has 3 amide bonds. The summed E-state index contributed by atoms with van der Waals surface area (Å²) in [4.78, 5) is 55.9. The Hall–Kier alpha value is -2.15. The van der Waals surface area contributed by atoms with Gasteiger partial charge in [-0.15, -0.1) is 11.8 Å². The number of carboxylic acid groups (broad SMARTS) is 1. The Bertz CT molecular complexity index is 941. The van der Waals surface area contributed by atoms with Crippen LogP contribution in [0.5, 0.6) is 0 Å². The highest BCUT2D eigenvalue weighted by Gasteiger charge is 2.60. The Morgan fingerprint density at radius 3 is 2.66 bits per heavy atom. The molecule has 0 aliphatic carbocycles. The predicted octanol–water partition coefficient (Wildman–Crippen LogP) is -1.15. The number of nitrogens with zero attached hydrogens (tertiary/aromatic N) is 3. The number of thioether (sulfide) groups is 1. The van der Waals surface area contributed by atoms with Gasteiger partial charge in [0.15, 0.2) is 0 Å². The largest absolute Gasteiger partial charge is 0.477 e. The van der Waals surface area contributed by atoms with Crippen LogP contribution < -0.4 is 16.4 Å². The van der Waals surface area contributed by atoms with Gasteiger partial charge in [0.2, 0.25) is 17.7 Å². The Labute approximate surface area is 209 Å². The molecule has 35 heavy (non-hydrogen) atoms. The van der Waals surface area contributed by atoms with E-state index >= 15 is 0 Å². The molecule has 3 saturated heterocycles. The van der Waals surface area contributed by atoms with Crippen molar-refractivity contribution in [2.75, 3.05) is 40.3 Å². The van der Waals surface area contributed by atoms with E-state index in [-0.39, 0.29) is 59.3 Å². The highest BCUT2D eigenvalue weighted by atomic mass is 32.2. The van der Waals surface area contributed by atoms with Crippen molar-refractivity contribution >= 4 is 35.5 Å². The van der Waals surface area contributed by atoms with Crippen LogP contribution in [-0.2, 0) is 19.2 Å². The Kier molecular flexibility index (Phi) is 7.46. The van der Waals surface area contributed by atoms with E-state index in [2.05, 4.69) is 10.6 Å². The Balaban J connectivity index is 1.42. The van der Waals surface area contributed by atoms with E-state index in [1.807, 2.05) is 6.92 Å². The van der Waals surface area contributed by atoms with Gasteiger partial charge in [-0.25, -0.2) is 4.79 Å². The number of β-lactam (4-membered cyclic amide) rings is 1. The van der Waals surface area contributed by atoms with Crippen LogP contribution in [0, 0.1) is 11.8 Å². The minimum Gasteiger partial charge on any atom is -0.477 e. The third kappa shape index (κ3) is 4.93. The summed E-state index contributed by atoms with van der Waals surface area (Å²) in [5.74, 6) is -2.16. The van der Waals surface area contributed by atoms with E-state index in [0.717, 1.165) is 6.42 Å². The monoisotopic (exact) mass is 508 g/mol. The van der Waals surface area contributed by atoms with Gasteiger partial charge < -0.3 is 36.2 Å². The molecular formula is C23H36N6O5S. The normalized spacial score (nSPS) is 33.3. The van der Waals surface area contributed by atoms with E-state index in [0.29, 0.717) is 31.0 Å². The lowest BCUT2D eigenvalue weighted by Gasteiger charge is -2.47. The van der Waals surface area contributed by atoms with Gasteiger partial charge in [-0.3, -0.25) is 14.4 Å². The first-order valence-corrected chi connectivity index (χ1v) is 13.1. The van der Waals surface area contributed by atoms with Gasteiger partial charge in [-0.1, -0.05) is 6.92 Å². The van der Waals surface area contributed by atoms with E-state index in [1.54, 1.807) is 30.8 Å². The molecule has 0 spiro atoms. The van der Waals surface area contributed by atoms with Crippen molar-refractivity contribution in [1.29, 1.82) is 0 Å². The molecule has 4 rings (SSSR count). The number of rotatable bonds is 8. The molecule has 4 aliphatic heterocycles. The number of carbonyl (C=O) groups is 4. The first-order chi connectivity index (χ1) is 16.5. The first kappa shape index (κ1) is 25.9. The zero-order valence-corrected chi connectivity index (χ0v) is 21.5. The number of fused-ring (bicyclic) bond motifs is 1. The minimum atomic E-state index is -1.12. The fourth-order valence-corrected chi connectivity index (χ4v) is 7.22. The van der Waals surface area contributed by atoms with Gasteiger partial charge in [-0.05, 0) is 33.9 Å². The Morgan fingerprint density at radius 1 is 1.34 bits per heavy atom. The summed E-state index contributed by atoms with van der Waals surface area (Å²) >= 11 is 1.46. The number of carbonyl (C=O) groups excluding carboxylic acids is 3. The molecule has 0 bridgehead atoms. The van der Waals surface area contributed by atoms with Crippen molar-refractivity contribution < 1.29 is 24.3 Å². The summed E-state index contributed by atoms with van der Waals surface area (Å²) in [5.41, 5.74) is 5.98. The number of likely N-dealkylation sites (N-methyl/N-ethyl adjacent to an activating group) is 1. The van der Waals surface area contributed by atoms with Crippen molar-refractivity contribution in [2.24, 2.45) is 17.6 Å². The van der Waals surface area contributed by atoms with Crippen LogP contribution in [0.2, 0.25) is 0 Å². The molecule has 0 aromatic heterocycles. The lowest BCUT2D eigenvalue weighted by Crippen LogP contribution is -2.66. The van der Waals surface area contributed by atoms with E-state index in [9.17, 15) is 24.3 Å². The van der Waals surface area contributed by atoms with Gasteiger partial charge in [0.25, 0.3) is 0 Å². The Morgan fingerprint density at radius 2 is 2.06 bits per heavy atom. The molecule has 0 saturated carbocycles. The van der Waals surface area contributed by atoms with Gasteiger partial charge in [0, 0.05) is 47.8 Å². The number of carboxylic acids is 1. The maximum absolute atomic E-state index is 13.0. The zero-order chi connectivity index (χ0) is 25.6. The van der Waals surface area contributed by atoms with Crippen molar-refractivity contribution in [1.82, 2.24) is 25.3 Å². The van der Waals surface area contributed by atoms with Crippen LogP contribution in [-0.4, -0.2) is 113 Å². The second kappa shape index (κ2) is 10.1. The summed E-state index contributed by atoms with van der Waals surface area (Å²) in [6.07, 6.45) is 1.40. The van der Waals surface area contributed by atoms with Crippen molar-refractivity contribution in [3.63, 3.8) is 0 Å². The molecule has 0 unspecified atom stereocenters. The molecule has 0 radical (unpaired) electrons. The average Bonchev–Trinajstić information content (AvgIpc) is 3.45. The summed E-state index contributed by atoms with van der Waals surface area (Å²) in [5, 5.41) is 16.2. The molecule has 12 heteroatoms. The number of aliphatic carboxylic acids is 1. The molecular weight excluding hydrogens is 472 g/mol. The number of nitrogens with one attached hydrogen (secondary N) is 2. The molecule has 5 N–H and O–H groups in total. The SMILES string of the molecule is C[C@@H](NC(=O)CN(C)C)[C@H]1C(=O)N2C(C(=O)O)=C(S[C@@H]3CN[C@H](C(=O)N4CC[C@H](N)C4)C3)[C@H](C)[C@H]12. The summed E-state index contributed by atoms with van der Waals surface area (Å²) in [6.45, 7) is 5.79. The van der Waals surface area contributed by atoms with Crippen LogP contribution in [0.1, 0.15) is 26.7 Å². The number of amides is 3. The molecule has 11 nitrogen and oxygen atoms in total. The molecule has 3 fully saturated rings. The maximum atomic E-state index is 13.0. The van der Waals surface area contributed by atoms with Gasteiger partial charge in [-0.2, -0.15) is 0 Å². The fraction of sp³-hybridized carbons (Fsp3) is 0.739. The lowest BCUT2D eigenvalue weighted by molar-refractivity contribution is -0.158. The van der Waals surface area contributed by atoms with Crippen molar-refractivity contribution in [3.05, 3.63) is 10.6 Å². The number of nitrogens with two attached hydrogens (primary N) is 1. The van der Waals surface area contributed by atoms with E-state index in [4.69, 9.17) is 5.73 Å². The number of hydrogen-bond acceptors (Lipinski definition) is 8. The first-order valence-electron chi connectivity index (χ1n) is 12.2. The minimum absolute atomic E-state index is 0.0245. The predicted molar refractivity (Wildman–Crippen MR) is 131 cm³/mol. The maximum Gasteiger partial charge on any atom is 0.353 e. The topological polar surface area (TPSA) is 148 Å². The van der Waals surface area contributed by atoms with E-state index < -0.39 is 17.9 Å². The summed E-state index contributed by atoms with van der Waals surface area (Å²) < 4.78 is 0. The third-order valence-corrected chi connectivity index (χ3v) is 8.91. The highest BCUT2D eigenvalue weighted by Crippen LogP contribution is 2.51. The second-order valence-corrected chi connectivity index (χ2v) is 11.7. The van der Waals surface area contributed by atoms with Gasteiger partial charge >= 0.3 is 5.97 Å². The lowest BCUT2D eigenvalue weighted by atomic mass is 9.78. The molecule has 4 heterocycles. The fourth-order valence-electron chi connectivity index (χ4n) is 5.74. The van der Waals surface area contributed by atoms with Gasteiger partial charge in [0.05, 0.1) is 24.5 Å². The quantitative estimate of drug-likeness (QED) is 0.298. The smallest absolute Gasteiger partial charge is 0.353 e. The third-order valence-electron chi connectivity index (χ3n) is 7.40. The van der Waals surface area contributed by atoms with E-state index in [1.165, 1.54) is 16.7 Å². The molecule has 4 aliphatic rings. The molecule has 0 aromatic rings. The van der Waals surface area contributed by atoms with Crippen LogP contribution in [0.3, 0.4) is 0 Å². The molecule has 194 valence electrons. The van der Waals surface area contributed by atoms with Crippen LogP contribution in [0.15, 0.2) is 10.6 Å². The second-order valence-electron chi connectivity index (χ2n) is 10.4. The molecule has 0 aromatic carbocycles. The summed E-state index contributed by atoms with van der Waals surface area (Å²) in [7, 11) is 3.59. The molecule has 7 atom stereocenters. The van der Waals surface area contributed by atoms with Crippen LogP contribution in [0.4, 0.5) is 0 Å². The zero-order valence-electron chi connectivity index (χ0n) is 20.7. The van der Waals surface area contributed by atoms with Gasteiger partial charge in [0.1, 0.15) is 5.70 Å². The average molecular weight is 509 g/mol. The number of likely N-dealkylation sites (tertiary alicyclic amines) is 1. The van der Waals surface area contributed by atoms with Crippen LogP contribution in [0.25, 0.3) is 0 Å². The van der Waals surface area contributed by atoms with Crippen LogP contribution >= 0.6 is 11.8 Å². The van der Waals surface area contributed by atoms with Crippen molar-refractivity contribution in [3.8, 4) is 0 Å². The standard InChI is InChI=1S/C23H36N6O5S/c1-11-18-17(12(2)26-16(30)10-27(3)4)22(32)29(18)19(23(33)34)20(11)35-14-7-15(25-8-14)21(31)28-6-5-13(24)9-28/h11-15,17-18,25H,5-10,24H2,1-4H3,(H,26,30)(H,33,34)/t11-,12-,13+,14+,15+,17-,18-/m1/s1. The summed E-state index contributed by atoms with van der Waals surface area (Å²) in [6, 6.07) is -0.983. The highest BCUT2D eigenvalue weighted by molar-refractivity contribution is 8.03. The number of hydrogen-bond donors (Lipinski definition) is 4. The van der Waals surface area contributed by atoms with Crippen molar-refractivity contribution in [2.45, 2.75) is 56.1 Å².